The molecule has 0 fully saturated rings. The molecule has 0 atom stereocenters. The zero-order chi connectivity index (χ0) is 22.4. The van der Waals surface area contributed by atoms with Crippen molar-refractivity contribution in [1.29, 1.82) is 0 Å². The van der Waals surface area contributed by atoms with Gasteiger partial charge in [0.25, 0.3) is 5.91 Å². The van der Waals surface area contributed by atoms with Gasteiger partial charge in [0.1, 0.15) is 11.6 Å². The standard InChI is InChI=1S/C22H22F2N4O2S/c1-14(2)12-28-20(11-25-21(30)17-5-3-4-6-18(17)24)26-27-22(28)31-13-19(29)15-7-9-16(23)10-8-15/h3-10,14H,11-13H2,1-2H3,(H,25,30). The van der Waals surface area contributed by atoms with Gasteiger partial charge in [-0.05, 0) is 42.3 Å². The molecule has 0 aliphatic rings. The number of ketones is 1. The number of amides is 1. The van der Waals surface area contributed by atoms with Crippen LogP contribution < -0.4 is 5.32 Å². The smallest absolute Gasteiger partial charge is 0.254 e. The van der Waals surface area contributed by atoms with Crippen LogP contribution in [0.4, 0.5) is 8.78 Å². The first-order valence-corrected chi connectivity index (χ1v) is 10.7. The summed E-state index contributed by atoms with van der Waals surface area (Å²) in [5.74, 6) is -0.804. The van der Waals surface area contributed by atoms with Gasteiger partial charge in [0.15, 0.2) is 16.8 Å². The second-order valence-electron chi connectivity index (χ2n) is 7.28. The van der Waals surface area contributed by atoms with Crippen molar-refractivity contribution in [2.45, 2.75) is 32.1 Å². The van der Waals surface area contributed by atoms with Gasteiger partial charge in [-0.25, -0.2) is 8.78 Å². The molecule has 31 heavy (non-hydrogen) atoms. The summed E-state index contributed by atoms with van der Waals surface area (Å²) in [7, 11) is 0. The molecule has 6 nitrogen and oxygen atoms in total. The van der Waals surface area contributed by atoms with Crippen molar-refractivity contribution in [3.05, 3.63) is 77.1 Å². The van der Waals surface area contributed by atoms with Crippen LogP contribution in [-0.4, -0.2) is 32.2 Å². The number of benzene rings is 2. The molecule has 0 saturated heterocycles. The van der Waals surface area contributed by atoms with Gasteiger partial charge in [-0.15, -0.1) is 10.2 Å². The Hall–Kier alpha value is -3.07. The highest BCUT2D eigenvalue weighted by molar-refractivity contribution is 7.99. The van der Waals surface area contributed by atoms with E-state index in [1.807, 2.05) is 18.4 Å². The zero-order valence-corrected chi connectivity index (χ0v) is 18.0. The van der Waals surface area contributed by atoms with E-state index in [4.69, 9.17) is 0 Å². The van der Waals surface area contributed by atoms with Crippen LogP contribution in [0.1, 0.15) is 40.4 Å². The number of aromatic nitrogens is 3. The lowest BCUT2D eigenvalue weighted by Gasteiger charge is -2.13. The molecule has 0 aliphatic heterocycles. The minimum Gasteiger partial charge on any atom is -0.345 e. The highest BCUT2D eigenvalue weighted by Gasteiger charge is 2.18. The lowest BCUT2D eigenvalue weighted by molar-refractivity contribution is 0.0944. The summed E-state index contributed by atoms with van der Waals surface area (Å²) in [5, 5.41) is 11.5. The molecule has 9 heteroatoms. The minimum absolute atomic E-state index is 0.0445. The van der Waals surface area contributed by atoms with Gasteiger partial charge in [-0.2, -0.15) is 0 Å². The Kier molecular flexibility index (Phi) is 7.51. The SMILES string of the molecule is CC(C)Cn1c(CNC(=O)c2ccccc2F)nnc1SCC(=O)c1ccc(F)cc1. The number of Topliss-reactive ketones (excluding diaryl/α,β-unsaturated/α-hetero) is 1. The van der Waals surface area contributed by atoms with Gasteiger partial charge in [-0.3, -0.25) is 9.59 Å². The third kappa shape index (κ3) is 5.97. The molecule has 0 bridgehead atoms. The first-order chi connectivity index (χ1) is 14.8. The maximum atomic E-state index is 13.8. The van der Waals surface area contributed by atoms with E-state index in [0.29, 0.717) is 23.1 Å². The van der Waals surface area contributed by atoms with Crippen molar-refractivity contribution in [3.8, 4) is 0 Å². The Labute approximate surface area is 183 Å². The second-order valence-corrected chi connectivity index (χ2v) is 8.23. The average Bonchev–Trinajstić information content (AvgIpc) is 3.12. The first-order valence-electron chi connectivity index (χ1n) is 9.71. The van der Waals surface area contributed by atoms with E-state index in [0.717, 1.165) is 0 Å². The maximum absolute atomic E-state index is 13.8. The van der Waals surface area contributed by atoms with Gasteiger partial charge < -0.3 is 9.88 Å². The van der Waals surface area contributed by atoms with E-state index in [1.165, 1.54) is 54.2 Å². The number of nitrogens with zero attached hydrogens (tertiary/aromatic N) is 3. The van der Waals surface area contributed by atoms with E-state index in [-0.39, 0.29) is 29.6 Å². The Bertz CT molecular complexity index is 1070. The molecule has 0 saturated carbocycles. The first kappa shape index (κ1) is 22.6. The van der Waals surface area contributed by atoms with Crippen molar-refractivity contribution in [1.82, 2.24) is 20.1 Å². The molecule has 3 aromatic rings. The number of halogens is 2. The minimum atomic E-state index is -0.598. The highest BCUT2D eigenvalue weighted by Crippen LogP contribution is 2.20. The summed E-state index contributed by atoms with van der Waals surface area (Å²) in [4.78, 5) is 24.7. The molecule has 162 valence electrons. The molecular formula is C22H22F2N4O2S. The van der Waals surface area contributed by atoms with Crippen molar-refractivity contribution in [3.63, 3.8) is 0 Å². The van der Waals surface area contributed by atoms with E-state index in [9.17, 15) is 18.4 Å². The molecule has 0 radical (unpaired) electrons. The fourth-order valence-electron chi connectivity index (χ4n) is 2.85. The van der Waals surface area contributed by atoms with Crippen LogP contribution >= 0.6 is 11.8 Å². The van der Waals surface area contributed by atoms with E-state index < -0.39 is 17.5 Å². The molecule has 0 unspecified atom stereocenters. The number of carbonyl (C=O) groups is 2. The van der Waals surface area contributed by atoms with E-state index >= 15 is 0 Å². The topological polar surface area (TPSA) is 76.9 Å². The number of nitrogens with one attached hydrogen (secondary N) is 1. The third-order valence-corrected chi connectivity index (χ3v) is 5.33. The van der Waals surface area contributed by atoms with E-state index in [2.05, 4.69) is 15.5 Å². The summed E-state index contributed by atoms with van der Waals surface area (Å²) >= 11 is 1.22. The van der Waals surface area contributed by atoms with Crippen molar-refractivity contribution in [2.75, 3.05) is 5.75 Å². The van der Waals surface area contributed by atoms with Crippen molar-refractivity contribution >= 4 is 23.5 Å². The van der Waals surface area contributed by atoms with Gasteiger partial charge >= 0.3 is 0 Å². The van der Waals surface area contributed by atoms with Gasteiger partial charge in [-0.1, -0.05) is 37.7 Å². The lowest BCUT2D eigenvalue weighted by Crippen LogP contribution is -2.26. The summed E-state index contributed by atoms with van der Waals surface area (Å²) in [5.41, 5.74) is 0.373. The second kappa shape index (κ2) is 10.3. The zero-order valence-electron chi connectivity index (χ0n) is 17.1. The van der Waals surface area contributed by atoms with Crippen LogP contribution in [0.2, 0.25) is 0 Å². The number of hydrogen-bond donors (Lipinski definition) is 1. The fourth-order valence-corrected chi connectivity index (χ4v) is 3.72. The summed E-state index contributed by atoms with van der Waals surface area (Å²) in [6, 6.07) is 11.1. The van der Waals surface area contributed by atoms with Crippen LogP contribution in [-0.2, 0) is 13.1 Å². The third-order valence-electron chi connectivity index (χ3n) is 4.37. The van der Waals surface area contributed by atoms with Crippen LogP contribution in [0.5, 0.6) is 0 Å². The largest absolute Gasteiger partial charge is 0.345 e. The van der Waals surface area contributed by atoms with Crippen molar-refractivity contribution < 1.29 is 18.4 Å². The van der Waals surface area contributed by atoms with Crippen LogP contribution in [0.3, 0.4) is 0 Å². The van der Waals surface area contributed by atoms with Gasteiger partial charge in [0.2, 0.25) is 0 Å². The van der Waals surface area contributed by atoms with Crippen molar-refractivity contribution in [2.24, 2.45) is 5.92 Å². The Morgan fingerprint density at radius 2 is 1.77 bits per heavy atom. The number of rotatable bonds is 9. The monoisotopic (exact) mass is 444 g/mol. The average molecular weight is 445 g/mol. The predicted molar refractivity (Wildman–Crippen MR) is 114 cm³/mol. The molecule has 1 N–H and O–H groups in total. The van der Waals surface area contributed by atoms with Crippen LogP contribution in [0.15, 0.2) is 53.7 Å². The lowest BCUT2D eigenvalue weighted by atomic mass is 10.1. The highest BCUT2D eigenvalue weighted by atomic mass is 32.2. The van der Waals surface area contributed by atoms with Crippen LogP contribution in [0, 0.1) is 17.6 Å². The summed E-state index contributed by atoms with van der Waals surface area (Å²) in [6.07, 6.45) is 0. The number of thioether (sulfide) groups is 1. The Morgan fingerprint density at radius 3 is 2.45 bits per heavy atom. The quantitative estimate of drug-likeness (QED) is 0.397. The molecule has 3 rings (SSSR count). The number of hydrogen-bond acceptors (Lipinski definition) is 5. The molecule has 2 aromatic carbocycles. The normalized spacial score (nSPS) is 11.0. The Balaban J connectivity index is 1.69. The molecule has 0 aliphatic carbocycles. The predicted octanol–water partition coefficient (Wildman–Crippen LogP) is 4.12. The summed E-state index contributed by atoms with van der Waals surface area (Å²) in [6.45, 7) is 4.71. The maximum Gasteiger partial charge on any atom is 0.254 e. The summed E-state index contributed by atoms with van der Waals surface area (Å²) < 4.78 is 28.7. The van der Waals surface area contributed by atoms with Gasteiger partial charge in [0, 0.05) is 12.1 Å². The molecular weight excluding hydrogens is 422 g/mol. The van der Waals surface area contributed by atoms with Crippen LogP contribution in [0.25, 0.3) is 0 Å². The molecule has 1 heterocycles. The molecule has 0 spiro atoms. The Morgan fingerprint density at radius 1 is 1.06 bits per heavy atom. The molecule has 1 aromatic heterocycles. The molecule has 1 amide bonds. The van der Waals surface area contributed by atoms with Gasteiger partial charge in [0.05, 0.1) is 17.9 Å². The number of carbonyl (C=O) groups excluding carboxylic acids is 2. The van der Waals surface area contributed by atoms with E-state index in [1.54, 1.807) is 6.07 Å². The fraction of sp³-hybridized carbons (Fsp3) is 0.273.